The van der Waals surface area contributed by atoms with Crippen molar-refractivity contribution in [3.63, 3.8) is 0 Å². The van der Waals surface area contributed by atoms with Crippen molar-refractivity contribution < 1.29 is 30.7 Å². The van der Waals surface area contributed by atoms with Gasteiger partial charge in [0.2, 0.25) is 6.67 Å². The quantitative estimate of drug-likeness (QED) is 0.610. The molecule has 1 radical (unpaired) electrons. The predicted molar refractivity (Wildman–Crippen MR) is 25.9 cm³/mol. The third kappa shape index (κ3) is 3.77. The summed E-state index contributed by atoms with van der Waals surface area (Å²) < 4.78 is 80.4. The van der Waals surface area contributed by atoms with Crippen LogP contribution < -0.4 is 0 Å². The van der Waals surface area contributed by atoms with E-state index in [2.05, 4.69) is 0 Å². The molecule has 0 heterocycles. The Morgan fingerprint density at radius 3 is 1.75 bits per heavy atom. The van der Waals surface area contributed by atoms with Crippen LogP contribution in [0.5, 0.6) is 0 Å². The summed E-state index contributed by atoms with van der Waals surface area (Å²) in [4.78, 5) is 0. The van der Waals surface area contributed by atoms with Crippen LogP contribution in [0.2, 0.25) is 0 Å². The summed E-state index contributed by atoms with van der Waals surface area (Å²) in [7, 11) is 0. The molecule has 0 bridgehead atoms. The second kappa shape index (κ2) is 3.49. The average Bonchev–Trinajstić information content (AvgIpc) is 1.84. The predicted octanol–water partition coefficient (Wildman–Crippen LogP) is 3.04. The van der Waals surface area contributed by atoms with Crippen molar-refractivity contribution in [1.82, 2.24) is 0 Å². The fourth-order valence-corrected chi connectivity index (χ4v) is 0.408. The lowest BCUT2D eigenvalue weighted by Crippen LogP contribution is -2.33. The Kier molecular flexibility index (Phi) is 3.34. The number of rotatable bonds is 3. The molecule has 7 heteroatoms. The first kappa shape index (κ1) is 11.5. The summed E-state index contributed by atoms with van der Waals surface area (Å²) in [6, 6.07) is 0. The number of halogens is 7. The summed E-state index contributed by atoms with van der Waals surface area (Å²) in [6.45, 7) is -1.39. The molecule has 0 nitrogen and oxygen atoms in total. The third-order valence-corrected chi connectivity index (χ3v) is 0.974. The molecule has 1 atom stereocenters. The molecule has 0 aliphatic rings. The van der Waals surface area contributed by atoms with Crippen molar-refractivity contribution in [2.75, 3.05) is 0 Å². The summed E-state index contributed by atoms with van der Waals surface area (Å²) >= 11 is 0. The molecule has 0 rings (SSSR count). The maximum Gasteiger partial charge on any atom is 0.392 e. The Morgan fingerprint density at radius 1 is 1.08 bits per heavy atom. The highest BCUT2D eigenvalue weighted by atomic mass is 19.4. The molecule has 0 N–H and O–H groups in total. The van der Waals surface area contributed by atoms with Crippen LogP contribution in [-0.4, -0.2) is 18.3 Å². The van der Waals surface area contributed by atoms with Crippen molar-refractivity contribution in [3.05, 3.63) is 6.67 Å². The van der Waals surface area contributed by atoms with Gasteiger partial charge < -0.3 is 0 Å². The maximum atomic E-state index is 11.9. The summed E-state index contributed by atoms with van der Waals surface area (Å²) in [5.41, 5.74) is 0. The lowest BCUT2D eigenvalue weighted by molar-refractivity contribution is -0.173. The van der Waals surface area contributed by atoms with E-state index in [1.807, 2.05) is 0 Å². The molecule has 0 aromatic heterocycles. The first-order valence-corrected chi connectivity index (χ1v) is 2.72. The highest BCUT2D eigenvalue weighted by Crippen LogP contribution is 2.33. The van der Waals surface area contributed by atoms with Crippen LogP contribution in [0.4, 0.5) is 30.7 Å². The SMILES string of the molecule is F[CH]C(F)(F)C(F)CC(F)(F)F. The van der Waals surface area contributed by atoms with E-state index < -0.39 is 31.4 Å². The average molecular weight is 197 g/mol. The summed E-state index contributed by atoms with van der Waals surface area (Å²) in [5.74, 6) is -4.67. The van der Waals surface area contributed by atoms with Crippen molar-refractivity contribution in [1.29, 1.82) is 0 Å². The van der Waals surface area contributed by atoms with E-state index in [9.17, 15) is 30.7 Å². The number of alkyl halides is 6. The van der Waals surface area contributed by atoms with Crippen LogP contribution in [0, 0.1) is 6.67 Å². The molecule has 0 aromatic carbocycles. The van der Waals surface area contributed by atoms with Gasteiger partial charge in [0, 0.05) is 0 Å². The van der Waals surface area contributed by atoms with Crippen LogP contribution in [0.25, 0.3) is 0 Å². The number of hydrogen-bond acceptors (Lipinski definition) is 0. The monoisotopic (exact) mass is 197 g/mol. The second-order valence-electron chi connectivity index (χ2n) is 2.07. The fourth-order valence-electron chi connectivity index (χ4n) is 0.408. The smallest absolute Gasteiger partial charge is 0.240 e. The van der Waals surface area contributed by atoms with Gasteiger partial charge in [0.05, 0.1) is 6.42 Å². The molecule has 73 valence electrons. The van der Waals surface area contributed by atoms with E-state index in [-0.39, 0.29) is 0 Å². The first-order valence-electron chi connectivity index (χ1n) is 2.72. The lowest BCUT2D eigenvalue weighted by Gasteiger charge is -2.17. The van der Waals surface area contributed by atoms with Crippen molar-refractivity contribution in [2.24, 2.45) is 0 Å². The van der Waals surface area contributed by atoms with Gasteiger partial charge in [-0.3, -0.25) is 0 Å². The highest BCUT2D eigenvalue weighted by molar-refractivity contribution is 4.85. The standard InChI is InChI=1S/C5H4F7/c6-2-4(8,9)3(7)1-5(10,11)12/h2-3H,1H2. The topological polar surface area (TPSA) is 0 Å². The molecule has 0 aliphatic heterocycles. The van der Waals surface area contributed by atoms with Crippen LogP contribution in [0.1, 0.15) is 6.42 Å². The Hall–Kier alpha value is -0.490. The maximum absolute atomic E-state index is 11.9. The molecular weight excluding hydrogens is 193 g/mol. The molecule has 0 spiro atoms. The van der Waals surface area contributed by atoms with Crippen molar-refractivity contribution in [3.8, 4) is 0 Å². The molecule has 0 saturated heterocycles. The zero-order chi connectivity index (χ0) is 9.99. The van der Waals surface area contributed by atoms with Crippen LogP contribution in [0.15, 0.2) is 0 Å². The van der Waals surface area contributed by atoms with Gasteiger partial charge in [0.1, 0.15) is 0 Å². The van der Waals surface area contributed by atoms with E-state index >= 15 is 0 Å². The Morgan fingerprint density at radius 2 is 1.50 bits per heavy atom. The molecule has 0 saturated carbocycles. The van der Waals surface area contributed by atoms with Crippen LogP contribution in [-0.2, 0) is 0 Å². The Balaban J connectivity index is 4.13. The van der Waals surface area contributed by atoms with Gasteiger partial charge in [0.25, 0.3) is 0 Å². The summed E-state index contributed by atoms with van der Waals surface area (Å²) in [5, 5.41) is 0. The van der Waals surface area contributed by atoms with Gasteiger partial charge in [0.15, 0.2) is 6.17 Å². The first-order chi connectivity index (χ1) is 5.19. The van der Waals surface area contributed by atoms with E-state index in [0.717, 1.165) is 0 Å². The molecule has 0 aromatic rings. The minimum Gasteiger partial charge on any atom is -0.240 e. The Labute approximate surface area is 63.4 Å². The highest BCUT2D eigenvalue weighted by Gasteiger charge is 2.47. The van der Waals surface area contributed by atoms with Crippen LogP contribution >= 0.6 is 0 Å². The van der Waals surface area contributed by atoms with Gasteiger partial charge >= 0.3 is 12.1 Å². The van der Waals surface area contributed by atoms with E-state index in [1.54, 1.807) is 0 Å². The largest absolute Gasteiger partial charge is 0.392 e. The second-order valence-corrected chi connectivity index (χ2v) is 2.07. The minimum atomic E-state index is -5.06. The normalized spacial score (nSPS) is 16.2. The van der Waals surface area contributed by atoms with E-state index in [0.29, 0.717) is 0 Å². The molecule has 0 amide bonds. The zero-order valence-electron chi connectivity index (χ0n) is 5.51. The van der Waals surface area contributed by atoms with Gasteiger partial charge in [-0.2, -0.15) is 13.2 Å². The van der Waals surface area contributed by atoms with Gasteiger partial charge in [-0.1, -0.05) is 0 Å². The molecule has 12 heavy (non-hydrogen) atoms. The molecule has 0 fully saturated rings. The molecule has 1 unspecified atom stereocenters. The van der Waals surface area contributed by atoms with E-state index in [1.165, 1.54) is 0 Å². The third-order valence-electron chi connectivity index (χ3n) is 0.974. The minimum absolute atomic E-state index is 1.39. The van der Waals surface area contributed by atoms with Gasteiger partial charge in [-0.25, -0.2) is 17.6 Å². The van der Waals surface area contributed by atoms with Gasteiger partial charge in [-0.15, -0.1) is 0 Å². The van der Waals surface area contributed by atoms with Gasteiger partial charge in [-0.05, 0) is 0 Å². The molecular formula is C5H4F7. The van der Waals surface area contributed by atoms with Crippen molar-refractivity contribution in [2.45, 2.75) is 24.7 Å². The lowest BCUT2D eigenvalue weighted by atomic mass is 10.1. The Bertz CT molecular complexity index is 137. The van der Waals surface area contributed by atoms with Crippen LogP contribution in [0.3, 0.4) is 0 Å². The fraction of sp³-hybridized carbons (Fsp3) is 0.800. The van der Waals surface area contributed by atoms with Crippen molar-refractivity contribution >= 4 is 0 Å². The summed E-state index contributed by atoms with van der Waals surface area (Å²) in [6.07, 6.45) is -11.0. The number of hydrogen-bond donors (Lipinski definition) is 0. The molecule has 0 aliphatic carbocycles. The zero-order valence-corrected chi connectivity index (χ0v) is 5.51. The van der Waals surface area contributed by atoms with E-state index in [4.69, 9.17) is 0 Å².